The SMILES string of the molecule is CCn1nc2c(=O)n(-c3cccc(C)c3C)ccn2c1=O. The molecule has 6 heteroatoms. The number of benzene rings is 1. The van der Waals surface area contributed by atoms with Crippen LogP contribution in [-0.4, -0.2) is 18.7 Å². The Morgan fingerprint density at radius 2 is 1.90 bits per heavy atom. The first-order chi connectivity index (χ1) is 10.0. The summed E-state index contributed by atoms with van der Waals surface area (Å²) in [5.41, 5.74) is 2.50. The lowest BCUT2D eigenvalue weighted by molar-refractivity contribution is 0.633. The number of fused-ring (bicyclic) bond motifs is 1. The number of aromatic nitrogens is 4. The molecule has 2 heterocycles. The van der Waals surface area contributed by atoms with Gasteiger partial charge >= 0.3 is 11.2 Å². The Kier molecular flexibility index (Phi) is 3.01. The Labute approximate surface area is 120 Å². The van der Waals surface area contributed by atoms with Crippen LogP contribution in [0.1, 0.15) is 18.1 Å². The molecule has 0 aliphatic heterocycles. The predicted octanol–water partition coefficient (Wildman–Crippen LogP) is 1.28. The molecule has 0 bridgehead atoms. The average molecular weight is 284 g/mol. The molecule has 3 aromatic rings. The summed E-state index contributed by atoms with van der Waals surface area (Å²) in [4.78, 5) is 24.6. The Morgan fingerprint density at radius 1 is 1.14 bits per heavy atom. The van der Waals surface area contributed by atoms with Gasteiger partial charge in [-0.3, -0.25) is 9.36 Å². The standard InChI is InChI=1S/C15H16N4O2/c1-4-19-15(21)18-9-8-17(14(20)13(18)16-19)12-7-5-6-10(2)11(12)3/h5-9H,4H2,1-3H3. The third-order valence-corrected chi connectivity index (χ3v) is 3.78. The number of nitrogens with zero attached hydrogens (tertiary/aromatic N) is 4. The van der Waals surface area contributed by atoms with Crippen molar-refractivity contribution in [2.24, 2.45) is 0 Å². The van der Waals surface area contributed by atoms with Gasteiger partial charge in [-0.25, -0.2) is 13.9 Å². The molecule has 108 valence electrons. The third-order valence-electron chi connectivity index (χ3n) is 3.78. The smallest absolute Gasteiger partial charge is 0.279 e. The lowest BCUT2D eigenvalue weighted by Crippen LogP contribution is -2.24. The zero-order chi connectivity index (χ0) is 15.1. The van der Waals surface area contributed by atoms with E-state index in [4.69, 9.17) is 0 Å². The van der Waals surface area contributed by atoms with Crippen molar-refractivity contribution in [3.63, 3.8) is 0 Å². The number of hydrogen-bond acceptors (Lipinski definition) is 3. The van der Waals surface area contributed by atoms with Crippen LogP contribution in [0.15, 0.2) is 40.2 Å². The van der Waals surface area contributed by atoms with Crippen molar-refractivity contribution >= 4 is 5.65 Å². The maximum absolute atomic E-state index is 12.6. The van der Waals surface area contributed by atoms with E-state index in [1.807, 2.05) is 39.0 Å². The summed E-state index contributed by atoms with van der Waals surface area (Å²) in [6, 6.07) is 5.79. The van der Waals surface area contributed by atoms with Crippen LogP contribution in [0.25, 0.3) is 11.3 Å². The molecular weight excluding hydrogens is 268 g/mol. The van der Waals surface area contributed by atoms with Crippen LogP contribution in [0, 0.1) is 13.8 Å². The van der Waals surface area contributed by atoms with Gasteiger partial charge < -0.3 is 0 Å². The average Bonchev–Trinajstić information content (AvgIpc) is 2.81. The molecule has 0 aliphatic rings. The molecule has 0 fully saturated rings. The van der Waals surface area contributed by atoms with Crippen molar-refractivity contribution in [1.82, 2.24) is 18.7 Å². The van der Waals surface area contributed by atoms with Gasteiger partial charge in [0.2, 0.25) is 5.65 Å². The van der Waals surface area contributed by atoms with E-state index < -0.39 is 0 Å². The Bertz CT molecular complexity index is 946. The molecule has 0 atom stereocenters. The minimum atomic E-state index is -0.296. The molecule has 2 aromatic heterocycles. The predicted molar refractivity (Wildman–Crippen MR) is 80.2 cm³/mol. The lowest BCUT2D eigenvalue weighted by atomic mass is 10.1. The fourth-order valence-electron chi connectivity index (χ4n) is 2.40. The third kappa shape index (κ3) is 1.91. The van der Waals surface area contributed by atoms with Crippen molar-refractivity contribution in [2.75, 3.05) is 0 Å². The monoisotopic (exact) mass is 284 g/mol. The minimum Gasteiger partial charge on any atom is -0.279 e. The van der Waals surface area contributed by atoms with Gasteiger partial charge in [-0.15, -0.1) is 5.10 Å². The summed E-state index contributed by atoms with van der Waals surface area (Å²) >= 11 is 0. The number of rotatable bonds is 2. The first-order valence-electron chi connectivity index (χ1n) is 6.82. The van der Waals surface area contributed by atoms with Crippen LogP contribution in [0.4, 0.5) is 0 Å². The molecule has 6 nitrogen and oxygen atoms in total. The van der Waals surface area contributed by atoms with E-state index in [1.54, 1.807) is 12.4 Å². The summed E-state index contributed by atoms with van der Waals surface area (Å²) in [5.74, 6) is 0. The number of hydrogen-bond donors (Lipinski definition) is 0. The van der Waals surface area contributed by atoms with Crippen molar-refractivity contribution < 1.29 is 0 Å². The van der Waals surface area contributed by atoms with E-state index in [9.17, 15) is 9.59 Å². The molecule has 0 saturated heterocycles. The van der Waals surface area contributed by atoms with Crippen LogP contribution >= 0.6 is 0 Å². The highest BCUT2D eigenvalue weighted by atomic mass is 16.2. The second-order valence-corrected chi connectivity index (χ2v) is 4.98. The van der Waals surface area contributed by atoms with Crippen LogP contribution < -0.4 is 11.2 Å². The molecule has 0 unspecified atom stereocenters. The van der Waals surface area contributed by atoms with E-state index >= 15 is 0 Å². The molecule has 3 rings (SSSR count). The fourth-order valence-corrected chi connectivity index (χ4v) is 2.40. The number of aryl methyl sites for hydroxylation is 2. The van der Waals surface area contributed by atoms with E-state index in [-0.39, 0.29) is 16.9 Å². The van der Waals surface area contributed by atoms with Crippen LogP contribution in [0.5, 0.6) is 0 Å². The van der Waals surface area contributed by atoms with Crippen molar-refractivity contribution in [1.29, 1.82) is 0 Å². The summed E-state index contributed by atoms with van der Waals surface area (Å²) in [6.45, 7) is 6.22. The van der Waals surface area contributed by atoms with Crippen LogP contribution in [-0.2, 0) is 6.54 Å². The molecule has 0 N–H and O–H groups in total. The first-order valence-corrected chi connectivity index (χ1v) is 6.82. The quantitative estimate of drug-likeness (QED) is 0.712. The topological polar surface area (TPSA) is 61.3 Å². The Morgan fingerprint density at radius 3 is 2.62 bits per heavy atom. The summed E-state index contributed by atoms with van der Waals surface area (Å²) in [6.07, 6.45) is 3.19. The van der Waals surface area contributed by atoms with Crippen molar-refractivity contribution in [3.05, 3.63) is 62.6 Å². The van der Waals surface area contributed by atoms with Gasteiger partial charge in [0.25, 0.3) is 0 Å². The molecule has 0 aliphatic carbocycles. The second kappa shape index (κ2) is 4.73. The molecule has 0 spiro atoms. The molecule has 0 amide bonds. The maximum Gasteiger partial charge on any atom is 0.350 e. The molecule has 1 aromatic carbocycles. The Hall–Kier alpha value is -2.63. The van der Waals surface area contributed by atoms with Gasteiger partial charge in [-0.1, -0.05) is 12.1 Å². The second-order valence-electron chi connectivity index (χ2n) is 4.98. The largest absolute Gasteiger partial charge is 0.350 e. The molecule has 0 saturated carbocycles. The summed E-state index contributed by atoms with van der Waals surface area (Å²) in [5, 5.41) is 4.10. The van der Waals surface area contributed by atoms with Gasteiger partial charge in [0, 0.05) is 18.9 Å². The molecule has 0 radical (unpaired) electrons. The van der Waals surface area contributed by atoms with E-state index in [2.05, 4.69) is 5.10 Å². The van der Waals surface area contributed by atoms with Gasteiger partial charge in [0.05, 0.1) is 5.69 Å². The first kappa shape index (κ1) is 13.4. The zero-order valence-corrected chi connectivity index (χ0v) is 12.2. The van der Waals surface area contributed by atoms with Gasteiger partial charge in [0.1, 0.15) is 0 Å². The van der Waals surface area contributed by atoms with Gasteiger partial charge in [-0.05, 0) is 38.0 Å². The minimum absolute atomic E-state index is 0.144. The van der Waals surface area contributed by atoms with E-state index in [1.165, 1.54) is 13.6 Å². The Balaban J connectivity index is 2.36. The molecule has 21 heavy (non-hydrogen) atoms. The normalized spacial score (nSPS) is 11.2. The fraction of sp³-hybridized carbons (Fsp3) is 0.267. The van der Waals surface area contributed by atoms with E-state index in [0.717, 1.165) is 16.8 Å². The highest BCUT2D eigenvalue weighted by Gasteiger charge is 2.13. The maximum atomic E-state index is 12.6. The van der Waals surface area contributed by atoms with E-state index in [0.29, 0.717) is 6.54 Å². The zero-order valence-electron chi connectivity index (χ0n) is 12.2. The molecular formula is C15H16N4O2. The van der Waals surface area contributed by atoms with Crippen LogP contribution in [0.2, 0.25) is 0 Å². The van der Waals surface area contributed by atoms with Crippen molar-refractivity contribution in [2.45, 2.75) is 27.3 Å². The van der Waals surface area contributed by atoms with Gasteiger partial charge in [-0.2, -0.15) is 0 Å². The lowest BCUT2D eigenvalue weighted by Gasteiger charge is -2.10. The van der Waals surface area contributed by atoms with Gasteiger partial charge in [0.15, 0.2) is 0 Å². The van der Waals surface area contributed by atoms with Crippen molar-refractivity contribution in [3.8, 4) is 5.69 Å². The highest BCUT2D eigenvalue weighted by Crippen LogP contribution is 2.15. The summed E-state index contributed by atoms with van der Waals surface area (Å²) in [7, 11) is 0. The highest BCUT2D eigenvalue weighted by molar-refractivity contribution is 5.47. The van der Waals surface area contributed by atoms with Crippen LogP contribution in [0.3, 0.4) is 0 Å². The summed E-state index contributed by atoms with van der Waals surface area (Å²) < 4.78 is 4.10.